The second-order valence-corrected chi connectivity index (χ2v) is 9.08. The van der Waals surface area contributed by atoms with Gasteiger partial charge in [0, 0.05) is 22.5 Å². The lowest BCUT2D eigenvalue weighted by atomic mass is 10.0. The Morgan fingerprint density at radius 2 is 1.90 bits per heavy atom. The number of hydrogen-bond donors (Lipinski definition) is 1. The molecule has 3 heterocycles. The first-order chi connectivity index (χ1) is 19.1. The van der Waals surface area contributed by atoms with E-state index >= 15 is 0 Å². The maximum absolute atomic E-state index is 13.2. The molecule has 0 saturated carbocycles. The molecule has 40 heavy (non-hydrogen) atoms. The lowest BCUT2D eigenvalue weighted by Gasteiger charge is -2.22. The van der Waals surface area contributed by atoms with Gasteiger partial charge in [-0.2, -0.15) is 18.3 Å². The van der Waals surface area contributed by atoms with Gasteiger partial charge in [0.2, 0.25) is 5.90 Å². The predicted octanol–water partition coefficient (Wildman–Crippen LogP) is 5.49. The van der Waals surface area contributed by atoms with Crippen LogP contribution in [0.3, 0.4) is 0 Å². The number of ether oxygens (including phenoxy) is 1. The number of carbonyl (C=O) groups is 2. The van der Waals surface area contributed by atoms with Crippen LogP contribution in [0.25, 0.3) is 5.65 Å². The molecule has 0 spiro atoms. The number of urea groups is 1. The molecule has 1 aliphatic rings. The summed E-state index contributed by atoms with van der Waals surface area (Å²) < 4.78 is 44.3. The summed E-state index contributed by atoms with van der Waals surface area (Å²) in [5.74, 6) is 3.10. The summed E-state index contributed by atoms with van der Waals surface area (Å²) >= 11 is 5.95. The number of anilines is 1. The molecule has 0 radical (unpaired) electrons. The lowest BCUT2D eigenvalue weighted by Crippen LogP contribution is -2.31. The Hall–Kier alpha value is -4.89. The standard InChI is InChI=1S/C27H18ClF3N6O3/c1-16-4-10-20(13-18(16)7-11-21-15-32-23-3-2-12-33-36(21)23)34-26(39)37-22(17-5-8-19(28)9-6-17)14-24(35-37)40-25(38)27(29,30)31/h2-6,8-10,12-13,15,22H,14H2,1H3,(H,34,39). The van der Waals surface area contributed by atoms with Gasteiger partial charge in [0.05, 0.1) is 18.7 Å². The minimum absolute atomic E-state index is 0.255. The third-order valence-electron chi connectivity index (χ3n) is 5.88. The molecule has 1 atom stereocenters. The second kappa shape index (κ2) is 10.7. The Morgan fingerprint density at radius 3 is 2.65 bits per heavy atom. The number of nitrogens with zero attached hydrogens (tertiary/aromatic N) is 5. The first-order valence-corrected chi connectivity index (χ1v) is 12.1. The van der Waals surface area contributed by atoms with E-state index in [1.807, 2.05) is 6.92 Å². The van der Waals surface area contributed by atoms with Crippen LogP contribution >= 0.6 is 11.6 Å². The molecule has 13 heteroatoms. The number of imidazole rings is 1. The van der Waals surface area contributed by atoms with Crippen LogP contribution in [0.5, 0.6) is 0 Å². The van der Waals surface area contributed by atoms with E-state index in [4.69, 9.17) is 11.6 Å². The normalized spacial score (nSPS) is 14.9. The van der Waals surface area contributed by atoms with Crippen LogP contribution in [0.15, 0.2) is 72.1 Å². The Morgan fingerprint density at radius 1 is 1.12 bits per heavy atom. The molecular weight excluding hydrogens is 549 g/mol. The van der Waals surface area contributed by atoms with E-state index in [0.717, 1.165) is 10.6 Å². The Kier molecular flexibility index (Phi) is 7.15. The van der Waals surface area contributed by atoms with Gasteiger partial charge in [0.25, 0.3) is 0 Å². The number of rotatable bonds is 2. The highest BCUT2D eigenvalue weighted by molar-refractivity contribution is 6.30. The number of aryl methyl sites for hydroxylation is 1. The summed E-state index contributed by atoms with van der Waals surface area (Å²) in [5, 5.41) is 12.1. The molecule has 2 amide bonds. The van der Waals surface area contributed by atoms with Gasteiger partial charge in [-0.15, -0.1) is 5.10 Å². The molecule has 0 bridgehead atoms. The van der Waals surface area contributed by atoms with Crippen LogP contribution < -0.4 is 5.32 Å². The number of carbonyl (C=O) groups excluding carboxylic acids is 2. The van der Waals surface area contributed by atoms with Gasteiger partial charge in [0.1, 0.15) is 5.69 Å². The van der Waals surface area contributed by atoms with Gasteiger partial charge < -0.3 is 10.1 Å². The number of nitrogens with one attached hydrogen (secondary N) is 1. The van der Waals surface area contributed by atoms with E-state index in [-0.39, 0.29) is 6.42 Å². The molecule has 9 nitrogen and oxygen atoms in total. The molecule has 1 unspecified atom stereocenters. The summed E-state index contributed by atoms with van der Waals surface area (Å²) in [5.41, 5.74) is 3.56. The second-order valence-electron chi connectivity index (χ2n) is 8.64. The average molecular weight is 567 g/mol. The Bertz CT molecular complexity index is 1710. The largest absolute Gasteiger partial charge is 0.491 e. The van der Waals surface area contributed by atoms with E-state index in [1.54, 1.807) is 71.5 Å². The Labute approximate surface area is 230 Å². The van der Waals surface area contributed by atoms with E-state index < -0.39 is 30.1 Å². The smallest absolute Gasteiger partial charge is 0.403 e. The summed E-state index contributed by atoms with van der Waals surface area (Å²) in [6.07, 6.45) is -2.25. The number of hydrazone groups is 1. The van der Waals surface area contributed by atoms with Crippen molar-refractivity contribution < 1.29 is 27.5 Å². The number of benzene rings is 2. The van der Waals surface area contributed by atoms with Gasteiger partial charge >= 0.3 is 18.2 Å². The highest BCUT2D eigenvalue weighted by Crippen LogP contribution is 2.33. The number of fused-ring (bicyclic) bond motifs is 1. The van der Waals surface area contributed by atoms with Crippen molar-refractivity contribution in [2.24, 2.45) is 5.10 Å². The lowest BCUT2D eigenvalue weighted by molar-refractivity contribution is -0.191. The van der Waals surface area contributed by atoms with Crippen molar-refractivity contribution in [1.29, 1.82) is 0 Å². The zero-order chi connectivity index (χ0) is 28.4. The number of amides is 2. The quantitative estimate of drug-likeness (QED) is 0.255. The maximum atomic E-state index is 13.2. The molecule has 4 aromatic rings. The molecule has 1 aliphatic heterocycles. The van der Waals surface area contributed by atoms with Crippen molar-refractivity contribution in [3.05, 3.63) is 94.4 Å². The van der Waals surface area contributed by atoms with Crippen molar-refractivity contribution in [3.63, 3.8) is 0 Å². The molecule has 2 aromatic carbocycles. The highest BCUT2D eigenvalue weighted by Gasteiger charge is 2.44. The van der Waals surface area contributed by atoms with Crippen molar-refractivity contribution in [2.75, 3.05) is 5.32 Å². The fraction of sp³-hybridized carbons (Fsp3) is 0.148. The monoisotopic (exact) mass is 566 g/mol. The summed E-state index contributed by atoms with van der Waals surface area (Å²) in [6, 6.07) is 13.4. The van der Waals surface area contributed by atoms with Crippen molar-refractivity contribution in [1.82, 2.24) is 19.6 Å². The summed E-state index contributed by atoms with van der Waals surface area (Å²) in [6.45, 7) is 1.85. The molecule has 2 aromatic heterocycles. The molecule has 5 rings (SSSR count). The van der Waals surface area contributed by atoms with Crippen molar-refractivity contribution >= 4 is 40.8 Å². The van der Waals surface area contributed by atoms with Gasteiger partial charge in [0.15, 0.2) is 5.65 Å². The highest BCUT2D eigenvalue weighted by atomic mass is 35.5. The molecule has 202 valence electrons. The first kappa shape index (κ1) is 26.7. The average Bonchev–Trinajstić information content (AvgIpc) is 3.53. The Balaban J connectivity index is 1.39. The molecule has 0 aliphatic carbocycles. The predicted molar refractivity (Wildman–Crippen MR) is 139 cm³/mol. The number of esters is 1. The third kappa shape index (κ3) is 5.74. The van der Waals surface area contributed by atoms with Gasteiger partial charge in [-0.25, -0.2) is 24.1 Å². The van der Waals surface area contributed by atoms with E-state index in [2.05, 4.69) is 37.1 Å². The SMILES string of the molecule is Cc1ccc(NC(=O)N2N=C(OC(=O)C(F)(F)F)CC2c2ccc(Cl)cc2)cc1C#Cc1cnc2cccnn12. The molecule has 0 fully saturated rings. The van der Waals surface area contributed by atoms with Gasteiger partial charge in [-0.3, -0.25) is 0 Å². The summed E-state index contributed by atoms with van der Waals surface area (Å²) in [7, 11) is 0. The molecule has 0 saturated heterocycles. The zero-order valence-corrected chi connectivity index (χ0v) is 21.4. The number of alkyl halides is 3. The van der Waals surface area contributed by atoms with Gasteiger partial charge in [-0.05, 0) is 60.4 Å². The maximum Gasteiger partial charge on any atom is 0.491 e. The molecular formula is C27H18ClF3N6O3. The number of hydrogen-bond acceptors (Lipinski definition) is 6. The minimum atomic E-state index is -5.22. The van der Waals surface area contributed by atoms with Crippen LogP contribution in [-0.2, 0) is 9.53 Å². The molecule has 1 N–H and O–H groups in total. The van der Waals surface area contributed by atoms with Gasteiger partial charge in [-0.1, -0.05) is 35.7 Å². The first-order valence-electron chi connectivity index (χ1n) is 11.7. The van der Waals surface area contributed by atoms with Crippen LogP contribution in [0.4, 0.5) is 23.7 Å². The van der Waals surface area contributed by atoms with E-state index in [1.165, 1.54) is 0 Å². The minimum Gasteiger partial charge on any atom is -0.403 e. The zero-order valence-electron chi connectivity index (χ0n) is 20.6. The van der Waals surface area contributed by atoms with Crippen LogP contribution in [-0.4, -0.2) is 43.7 Å². The van der Waals surface area contributed by atoms with Crippen molar-refractivity contribution in [3.8, 4) is 11.8 Å². The number of aromatic nitrogens is 3. The fourth-order valence-electron chi connectivity index (χ4n) is 3.90. The fourth-order valence-corrected chi connectivity index (χ4v) is 4.03. The van der Waals surface area contributed by atoms with Crippen molar-refractivity contribution in [2.45, 2.75) is 25.6 Å². The van der Waals surface area contributed by atoms with E-state index in [9.17, 15) is 22.8 Å². The van der Waals surface area contributed by atoms with Crippen LogP contribution in [0, 0.1) is 18.8 Å². The third-order valence-corrected chi connectivity index (χ3v) is 6.13. The summed E-state index contributed by atoms with van der Waals surface area (Å²) in [4.78, 5) is 28.9. The topological polar surface area (TPSA) is 101 Å². The number of halogens is 4. The van der Waals surface area contributed by atoms with Crippen LogP contribution in [0.2, 0.25) is 5.02 Å². The van der Waals surface area contributed by atoms with Crippen LogP contribution in [0.1, 0.15) is 34.8 Å². The van der Waals surface area contributed by atoms with E-state index in [0.29, 0.717) is 33.2 Å².